The summed E-state index contributed by atoms with van der Waals surface area (Å²) in [4.78, 5) is 32.2. The molecule has 1 N–H and O–H groups in total. The number of halogens is 1. The van der Waals surface area contributed by atoms with E-state index in [1.54, 1.807) is 19.1 Å². The van der Waals surface area contributed by atoms with Crippen LogP contribution in [0.2, 0.25) is 0 Å². The summed E-state index contributed by atoms with van der Waals surface area (Å²) in [6.45, 7) is 5.46. The summed E-state index contributed by atoms with van der Waals surface area (Å²) >= 11 is 0. The summed E-state index contributed by atoms with van der Waals surface area (Å²) in [6.07, 6.45) is 2.46. The van der Waals surface area contributed by atoms with Crippen LogP contribution < -0.4 is 5.32 Å². The number of amidine groups is 1. The molecule has 7 heteroatoms. The third-order valence-electron chi connectivity index (χ3n) is 5.29. The number of allylic oxidation sites excluding steroid dienone is 2. The van der Waals surface area contributed by atoms with Crippen LogP contribution in [0.5, 0.6) is 0 Å². The molecule has 0 amide bonds. The van der Waals surface area contributed by atoms with Crippen LogP contribution in [0.1, 0.15) is 29.9 Å². The molecule has 1 aromatic rings. The number of aryl methyl sites for hydroxylation is 1. The number of benzene rings is 1. The van der Waals surface area contributed by atoms with Crippen LogP contribution in [-0.2, 0) is 14.3 Å². The molecule has 1 atom stereocenters. The number of ketones is 2. The molecule has 142 valence electrons. The Labute approximate surface area is 157 Å². The molecule has 0 aromatic heterocycles. The molecular weight excluding hydrogens is 349 g/mol. The topological polar surface area (TPSA) is 71.0 Å². The minimum atomic E-state index is -1.05. The van der Waals surface area contributed by atoms with Gasteiger partial charge in [-0.3, -0.25) is 14.6 Å². The molecule has 0 bridgehead atoms. The molecule has 1 saturated heterocycles. The summed E-state index contributed by atoms with van der Waals surface area (Å²) in [7, 11) is 0. The quantitative estimate of drug-likeness (QED) is 0.816. The van der Waals surface area contributed by atoms with E-state index < -0.39 is 23.3 Å². The number of hydrogen-bond donors (Lipinski definition) is 1. The maximum atomic E-state index is 13.9. The molecule has 4 rings (SSSR count). The summed E-state index contributed by atoms with van der Waals surface area (Å²) < 4.78 is 19.4. The zero-order chi connectivity index (χ0) is 19.0. The maximum absolute atomic E-state index is 13.9. The van der Waals surface area contributed by atoms with Gasteiger partial charge in [0.2, 0.25) is 5.78 Å². The number of ether oxygens (including phenoxy) is 1. The van der Waals surface area contributed by atoms with Gasteiger partial charge in [0.05, 0.1) is 6.54 Å². The van der Waals surface area contributed by atoms with Crippen molar-refractivity contribution >= 4 is 17.4 Å². The van der Waals surface area contributed by atoms with Gasteiger partial charge in [-0.05, 0) is 50.0 Å². The number of carbonyl (C=O) groups excluding carboxylic acids is 2. The summed E-state index contributed by atoms with van der Waals surface area (Å²) in [6, 6.07) is 4.43. The van der Waals surface area contributed by atoms with Gasteiger partial charge in [0.15, 0.2) is 11.5 Å². The first-order valence-electron chi connectivity index (χ1n) is 9.29. The van der Waals surface area contributed by atoms with Gasteiger partial charge in [-0.2, -0.15) is 0 Å². The number of nitrogens with zero attached hydrogens (tertiary/aromatic N) is 2. The van der Waals surface area contributed by atoms with Crippen molar-refractivity contribution in [2.45, 2.75) is 25.7 Å². The van der Waals surface area contributed by atoms with E-state index in [2.05, 4.69) is 15.2 Å². The summed E-state index contributed by atoms with van der Waals surface area (Å²) in [5, 5.41) is 2.97. The SMILES string of the molecule is Cc1ccc([C@@H]2C(=O)C3=C(OCC(=NCCN4CCCC4)N3)C2=O)cc1F. The molecule has 0 radical (unpaired) electrons. The number of hydrogen-bond acceptors (Lipinski definition) is 5. The molecule has 2 aliphatic heterocycles. The van der Waals surface area contributed by atoms with Gasteiger partial charge < -0.3 is 15.0 Å². The monoisotopic (exact) mass is 371 g/mol. The standard InChI is InChI=1S/C20H22FN3O3/c1-12-4-5-13(10-14(12)21)16-18(25)17-20(19(16)26)27-11-15(23-17)22-6-9-24-7-2-3-8-24/h4-5,10,16H,2-3,6-9,11H2,1H3,(H,22,23)/t16-/m1/s1. The predicted octanol–water partition coefficient (Wildman–Crippen LogP) is 1.70. The number of likely N-dealkylation sites (tertiary alicyclic amines) is 1. The second kappa shape index (κ2) is 7.23. The second-order valence-corrected chi connectivity index (χ2v) is 7.17. The Morgan fingerprint density at radius 2 is 2.04 bits per heavy atom. The lowest BCUT2D eigenvalue weighted by Gasteiger charge is -2.18. The molecule has 0 unspecified atom stereocenters. The Bertz CT molecular complexity index is 856. The van der Waals surface area contributed by atoms with Crippen LogP contribution in [0.15, 0.2) is 34.6 Å². The van der Waals surface area contributed by atoms with E-state index in [1.807, 2.05) is 0 Å². The van der Waals surface area contributed by atoms with E-state index in [0.717, 1.165) is 19.6 Å². The van der Waals surface area contributed by atoms with Gasteiger partial charge in [0, 0.05) is 6.54 Å². The lowest BCUT2D eigenvalue weighted by Crippen LogP contribution is -2.35. The fraction of sp³-hybridized carbons (Fsp3) is 0.450. The maximum Gasteiger partial charge on any atom is 0.214 e. The molecule has 1 aliphatic carbocycles. The first-order chi connectivity index (χ1) is 13.0. The van der Waals surface area contributed by atoms with Crippen molar-refractivity contribution in [3.05, 3.63) is 46.6 Å². The molecule has 3 aliphatic rings. The van der Waals surface area contributed by atoms with E-state index in [-0.39, 0.29) is 18.1 Å². The Kier molecular flexibility index (Phi) is 4.78. The van der Waals surface area contributed by atoms with Gasteiger partial charge >= 0.3 is 0 Å². The molecule has 0 spiro atoms. The van der Waals surface area contributed by atoms with E-state index in [1.165, 1.54) is 18.9 Å². The van der Waals surface area contributed by atoms with Crippen LogP contribution in [0, 0.1) is 12.7 Å². The first kappa shape index (κ1) is 17.9. The average molecular weight is 371 g/mol. The third kappa shape index (κ3) is 3.39. The van der Waals surface area contributed by atoms with Gasteiger partial charge in [0.25, 0.3) is 0 Å². The first-order valence-corrected chi connectivity index (χ1v) is 9.29. The van der Waals surface area contributed by atoms with E-state index in [0.29, 0.717) is 23.5 Å². The third-order valence-corrected chi connectivity index (χ3v) is 5.29. The largest absolute Gasteiger partial charge is 0.480 e. The number of carbonyl (C=O) groups is 2. The van der Waals surface area contributed by atoms with Crippen molar-refractivity contribution in [2.75, 3.05) is 32.8 Å². The lowest BCUT2D eigenvalue weighted by molar-refractivity contribution is -0.124. The van der Waals surface area contributed by atoms with Crippen LogP contribution in [0.4, 0.5) is 4.39 Å². The highest BCUT2D eigenvalue weighted by Crippen LogP contribution is 2.34. The highest BCUT2D eigenvalue weighted by atomic mass is 19.1. The minimum Gasteiger partial charge on any atom is -0.480 e. The summed E-state index contributed by atoms with van der Waals surface area (Å²) in [5.41, 5.74) is 0.953. The van der Waals surface area contributed by atoms with Crippen molar-refractivity contribution in [2.24, 2.45) is 4.99 Å². The van der Waals surface area contributed by atoms with Crippen LogP contribution >= 0.6 is 0 Å². The normalized spacial score (nSPS) is 24.4. The number of aliphatic imine (C=N–C) groups is 1. The molecule has 27 heavy (non-hydrogen) atoms. The van der Waals surface area contributed by atoms with E-state index >= 15 is 0 Å². The molecule has 1 fully saturated rings. The number of rotatable bonds is 4. The Morgan fingerprint density at radius 1 is 1.26 bits per heavy atom. The highest BCUT2D eigenvalue weighted by molar-refractivity contribution is 6.28. The van der Waals surface area contributed by atoms with Crippen molar-refractivity contribution in [3.8, 4) is 0 Å². The van der Waals surface area contributed by atoms with Crippen molar-refractivity contribution in [1.82, 2.24) is 10.2 Å². The van der Waals surface area contributed by atoms with Gasteiger partial charge in [-0.1, -0.05) is 12.1 Å². The van der Waals surface area contributed by atoms with Crippen molar-refractivity contribution in [3.63, 3.8) is 0 Å². The Morgan fingerprint density at radius 3 is 2.78 bits per heavy atom. The molecular formula is C20H22FN3O3. The zero-order valence-corrected chi connectivity index (χ0v) is 15.3. The van der Waals surface area contributed by atoms with Crippen LogP contribution in [0.25, 0.3) is 0 Å². The minimum absolute atomic E-state index is 0.0319. The zero-order valence-electron chi connectivity index (χ0n) is 15.3. The fourth-order valence-electron chi connectivity index (χ4n) is 3.72. The van der Waals surface area contributed by atoms with Crippen molar-refractivity contribution in [1.29, 1.82) is 0 Å². The van der Waals surface area contributed by atoms with E-state index in [9.17, 15) is 14.0 Å². The van der Waals surface area contributed by atoms with Gasteiger partial charge in [0.1, 0.15) is 29.9 Å². The molecule has 2 heterocycles. The Hall–Kier alpha value is -2.54. The predicted molar refractivity (Wildman–Crippen MR) is 98.0 cm³/mol. The Balaban J connectivity index is 1.47. The van der Waals surface area contributed by atoms with Crippen LogP contribution in [-0.4, -0.2) is 55.1 Å². The number of nitrogens with one attached hydrogen (secondary N) is 1. The molecule has 1 aromatic carbocycles. The molecule has 0 saturated carbocycles. The van der Waals surface area contributed by atoms with Gasteiger partial charge in [-0.15, -0.1) is 0 Å². The lowest BCUT2D eigenvalue weighted by atomic mass is 9.93. The fourth-order valence-corrected chi connectivity index (χ4v) is 3.72. The second-order valence-electron chi connectivity index (χ2n) is 7.17. The van der Waals surface area contributed by atoms with Crippen molar-refractivity contribution < 1.29 is 18.7 Å². The summed E-state index contributed by atoms with van der Waals surface area (Å²) in [5.74, 6) is -1.74. The van der Waals surface area contributed by atoms with Gasteiger partial charge in [-0.25, -0.2) is 4.39 Å². The highest BCUT2D eigenvalue weighted by Gasteiger charge is 2.45. The smallest absolute Gasteiger partial charge is 0.214 e. The van der Waals surface area contributed by atoms with E-state index in [4.69, 9.17) is 4.74 Å². The average Bonchev–Trinajstić information content (AvgIpc) is 3.25. The number of Topliss-reactive ketones (excluding diaryl/α,β-unsaturated/α-hetero) is 2. The molecule has 6 nitrogen and oxygen atoms in total. The van der Waals surface area contributed by atoms with Crippen LogP contribution in [0.3, 0.4) is 0 Å².